The van der Waals surface area contributed by atoms with Crippen molar-refractivity contribution in [2.45, 2.75) is 0 Å². The number of nitrogens with one attached hydrogen (secondary N) is 1. The van der Waals surface area contributed by atoms with Crippen LogP contribution in [0.3, 0.4) is 0 Å². The van der Waals surface area contributed by atoms with Gasteiger partial charge in [-0.05, 0) is 42.3 Å². The smallest absolute Gasteiger partial charge is 0.265 e. The van der Waals surface area contributed by atoms with E-state index in [0.29, 0.717) is 22.1 Å². The van der Waals surface area contributed by atoms with E-state index in [1.165, 1.54) is 4.40 Å². The van der Waals surface area contributed by atoms with Crippen molar-refractivity contribution in [1.29, 1.82) is 0 Å². The molecule has 1 N–H and O–H groups in total. The Bertz CT molecular complexity index is 1180. The summed E-state index contributed by atoms with van der Waals surface area (Å²) in [4.78, 5) is 29.8. The summed E-state index contributed by atoms with van der Waals surface area (Å²) in [6.45, 7) is 3.88. The highest BCUT2D eigenvalue weighted by atomic mass is 16.1. The molecule has 0 saturated heterocycles. The molecule has 26 heavy (non-hydrogen) atoms. The summed E-state index contributed by atoms with van der Waals surface area (Å²) >= 11 is 0. The zero-order valence-corrected chi connectivity index (χ0v) is 14.0. The minimum atomic E-state index is -0.301. The first-order valence-corrected chi connectivity index (χ1v) is 8.27. The van der Waals surface area contributed by atoms with E-state index in [4.69, 9.17) is 0 Å². The molecule has 0 bridgehead atoms. The van der Waals surface area contributed by atoms with Crippen LogP contribution in [-0.4, -0.2) is 21.8 Å². The van der Waals surface area contributed by atoms with E-state index in [1.54, 1.807) is 18.3 Å². The fourth-order valence-corrected chi connectivity index (χ4v) is 3.02. The van der Waals surface area contributed by atoms with Gasteiger partial charge in [-0.15, -0.1) is 0 Å². The minimum Gasteiger partial charge on any atom is -0.352 e. The van der Waals surface area contributed by atoms with Crippen molar-refractivity contribution >= 4 is 22.5 Å². The number of carbonyl (C=O) groups is 1. The Kier molecular flexibility index (Phi) is 3.97. The van der Waals surface area contributed by atoms with Crippen LogP contribution in [0.4, 0.5) is 0 Å². The van der Waals surface area contributed by atoms with E-state index >= 15 is 0 Å². The molecule has 0 aliphatic heterocycles. The zero-order chi connectivity index (χ0) is 18.1. The van der Waals surface area contributed by atoms with Gasteiger partial charge < -0.3 is 5.32 Å². The van der Waals surface area contributed by atoms with Crippen molar-refractivity contribution in [3.05, 3.63) is 89.7 Å². The highest BCUT2D eigenvalue weighted by molar-refractivity contribution is 6.00. The number of rotatable bonds is 3. The molecule has 0 spiro atoms. The summed E-state index contributed by atoms with van der Waals surface area (Å²) in [6.07, 6.45) is 1.63. The molecule has 5 heteroatoms. The van der Waals surface area contributed by atoms with Gasteiger partial charge in [-0.1, -0.05) is 36.4 Å². The van der Waals surface area contributed by atoms with Gasteiger partial charge in [0.2, 0.25) is 0 Å². The molecule has 0 aliphatic carbocycles. The topological polar surface area (TPSA) is 63.5 Å². The van der Waals surface area contributed by atoms with Crippen LogP contribution < -0.4 is 10.9 Å². The number of aromatic nitrogens is 2. The first-order valence-electron chi connectivity index (χ1n) is 8.27. The van der Waals surface area contributed by atoms with E-state index in [0.717, 1.165) is 11.1 Å². The Balaban J connectivity index is 1.97. The van der Waals surface area contributed by atoms with Crippen LogP contribution in [-0.2, 0) is 0 Å². The number of pyridine rings is 1. The molecule has 4 rings (SSSR count). The Morgan fingerprint density at radius 1 is 1.04 bits per heavy atom. The standard InChI is InChI=1S/C21H16N3O2/c1-2-22-20(25)16-9-6-12-24-19(16)23-18-11-10-15(13-17(18)21(24)26)14-7-4-3-5-8-14/h3-13H,1-2H2,(H,22,25). The molecule has 0 atom stereocenters. The molecule has 0 fully saturated rings. The Hall–Kier alpha value is -3.47. The largest absolute Gasteiger partial charge is 0.352 e. The van der Waals surface area contributed by atoms with Crippen LogP contribution in [0.2, 0.25) is 0 Å². The molecule has 4 aromatic rings. The third-order valence-electron chi connectivity index (χ3n) is 4.28. The molecule has 0 aliphatic rings. The van der Waals surface area contributed by atoms with Gasteiger partial charge in [0.1, 0.15) is 0 Å². The average Bonchev–Trinajstić information content (AvgIpc) is 2.68. The van der Waals surface area contributed by atoms with E-state index in [2.05, 4.69) is 17.2 Å². The zero-order valence-electron chi connectivity index (χ0n) is 14.0. The lowest BCUT2D eigenvalue weighted by molar-refractivity contribution is 0.0959. The van der Waals surface area contributed by atoms with Crippen LogP contribution >= 0.6 is 0 Å². The van der Waals surface area contributed by atoms with Gasteiger partial charge in [-0.3, -0.25) is 14.0 Å². The van der Waals surface area contributed by atoms with Crippen molar-refractivity contribution in [3.8, 4) is 11.1 Å². The maximum atomic E-state index is 13.0. The predicted octanol–water partition coefficient (Wildman–Crippen LogP) is 3.08. The van der Waals surface area contributed by atoms with Crippen LogP contribution in [0, 0.1) is 6.92 Å². The number of amides is 1. The second-order valence-corrected chi connectivity index (χ2v) is 5.89. The summed E-state index contributed by atoms with van der Waals surface area (Å²) in [6, 6.07) is 18.8. The van der Waals surface area contributed by atoms with Gasteiger partial charge in [-0.25, -0.2) is 4.98 Å². The summed E-state index contributed by atoms with van der Waals surface area (Å²) in [5.41, 5.74) is 3.02. The lowest BCUT2D eigenvalue weighted by atomic mass is 10.0. The fourth-order valence-electron chi connectivity index (χ4n) is 3.02. The number of benzene rings is 2. The normalized spacial score (nSPS) is 11.0. The van der Waals surface area contributed by atoms with Gasteiger partial charge in [0.05, 0.1) is 16.5 Å². The molecule has 2 heterocycles. The third kappa shape index (κ3) is 2.63. The average molecular weight is 342 g/mol. The maximum Gasteiger partial charge on any atom is 0.265 e. The van der Waals surface area contributed by atoms with Gasteiger partial charge >= 0.3 is 0 Å². The molecule has 2 aromatic carbocycles. The summed E-state index contributed by atoms with van der Waals surface area (Å²) in [5, 5.41) is 3.16. The molecule has 1 radical (unpaired) electrons. The van der Waals surface area contributed by atoms with E-state index in [1.807, 2.05) is 48.5 Å². The van der Waals surface area contributed by atoms with Crippen molar-refractivity contribution in [2.75, 3.05) is 6.54 Å². The van der Waals surface area contributed by atoms with Crippen molar-refractivity contribution in [1.82, 2.24) is 14.7 Å². The monoisotopic (exact) mass is 342 g/mol. The fraction of sp³-hybridized carbons (Fsp3) is 0.0476. The molecule has 0 unspecified atom stereocenters. The predicted molar refractivity (Wildman–Crippen MR) is 102 cm³/mol. The lowest BCUT2D eigenvalue weighted by Crippen LogP contribution is -2.25. The number of hydrogen-bond acceptors (Lipinski definition) is 3. The first-order chi connectivity index (χ1) is 12.7. The summed E-state index contributed by atoms with van der Waals surface area (Å²) in [7, 11) is 0. The number of carbonyl (C=O) groups excluding carboxylic acids is 1. The van der Waals surface area contributed by atoms with Gasteiger partial charge in [0, 0.05) is 12.7 Å². The van der Waals surface area contributed by atoms with Crippen LogP contribution in [0.1, 0.15) is 10.4 Å². The van der Waals surface area contributed by atoms with Crippen molar-refractivity contribution in [2.24, 2.45) is 0 Å². The molecule has 5 nitrogen and oxygen atoms in total. The molecule has 127 valence electrons. The molecular weight excluding hydrogens is 326 g/mol. The Morgan fingerprint density at radius 3 is 2.62 bits per heavy atom. The van der Waals surface area contributed by atoms with Gasteiger partial charge in [0.25, 0.3) is 11.5 Å². The Morgan fingerprint density at radius 2 is 1.85 bits per heavy atom. The minimum absolute atomic E-state index is 0.202. The number of hydrogen-bond donors (Lipinski definition) is 1. The SMILES string of the molecule is [CH2]CNC(=O)c1cccn2c(=O)c3cc(-c4ccccc4)ccc3nc12. The molecule has 1 amide bonds. The molecule has 0 saturated carbocycles. The van der Waals surface area contributed by atoms with Gasteiger partial charge in [0.15, 0.2) is 5.65 Å². The highest BCUT2D eigenvalue weighted by Crippen LogP contribution is 2.22. The summed E-state index contributed by atoms with van der Waals surface area (Å²) < 4.78 is 1.41. The number of nitrogens with zero attached hydrogens (tertiary/aromatic N) is 2. The van der Waals surface area contributed by atoms with E-state index in [9.17, 15) is 9.59 Å². The van der Waals surface area contributed by atoms with Crippen molar-refractivity contribution < 1.29 is 4.79 Å². The third-order valence-corrected chi connectivity index (χ3v) is 4.28. The first kappa shape index (κ1) is 16.0. The van der Waals surface area contributed by atoms with Crippen LogP contribution in [0.15, 0.2) is 71.7 Å². The lowest BCUT2D eigenvalue weighted by Gasteiger charge is -2.09. The molecular formula is C21H16N3O2. The highest BCUT2D eigenvalue weighted by Gasteiger charge is 2.14. The summed E-state index contributed by atoms with van der Waals surface area (Å²) in [5.74, 6) is -0.301. The van der Waals surface area contributed by atoms with Crippen LogP contribution in [0.25, 0.3) is 27.7 Å². The van der Waals surface area contributed by atoms with Crippen LogP contribution in [0.5, 0.6) is 0 Å². The second-order valence-electron chi connectivity index (χ2n) is 5.89. The quantitative estimate of drug-likeness (QED) is 0.582. The van der Waals surface area contributed by atoms with Gasteiger partial charge in [-0.2, -0.15) is 0 Å². The Labute approximate surface area is 149 Å². The maximum absolute atomic E-state index is 13.0. The molecule has 2 aromatic heterocycles. The second kappa shape index (κ2) is 6.44. The number of fused-ring (bicyclic) bond motifs is 2. The van der Waals surface area contributed by atoms with Crippen molar-refractivity contribution in [3.63, 3.8) is 0 Å². The van der Waals surface area contributed by atoms with E-state index < -0.39 is 0 Å². The van der Waals surface area contributed by atoms with E-state index in [-0.39, 0.29) is 18.0 Å².